The SMILES string of the molecule is CCCCC1COC(=O)C1Sc1ccccc1. The summed E-state index contributed by atoms with van der Waals surface area (Å²) in [5.41, 5.74) is 0. The van der Waals surface area contributed by atoms with E-state index in [0.29, 0.717) is 12.5 Å². The number of carbonyl (C=O) groups is 1. The molecule has 92 valence electrons. The first-order valence-corrected chi connectivity index (χ1v) is 7.07. The molecule has 3 heteroatoms. The summed E-state index contributed by atoms with van der Waals surface area (Å²) in [6.45, 7) is 2.78. The monoisotopic (exact) mass is 250 g/mol. The van der Waals surface area contributed by atoms with Gasteiger partial charge in [0, 0.05) is 10.8 Å². The fourth-order valence-corrected chi connectivity index (χ4v) is 3.22. The van der Waals surface area contributed by atoms with Crippen LogP contribution in [0.3, 0.4) is 0 Å². The highest BCUT2D eigenvalue weighted by Gasteiger charge is 2.36. The van der Waals surface area contributed by atoms with E-state index in [1.165, 1.54) is 12.8 Å². The predicted molar refractivity (Wildman–Crippen MR) is 70.1 cm³/mol. The van der Waals surface area contributed by atoms with Gasteiger partial charge in [-0.2, -0.15) is 0 Å². The van der Waals surface area contributed by atoms with Crippen LogP contribution in [0.2, 0.25) is 0 Å². The van der Waals surface area contributed by atoms with E-state index in [0.717, 1.165) is 11.3 Å². The molecule has 1 saturated heterocycles. The number of carbonyl (C=O) groups excluding carboxylic acids is 1. The lowest BCUT2D eigenvalue weighted by Gasteiger charge is -2.14. The van der Waals surface area contributed by atoms with E-state index in [-0.39, 0.29) is 11.2 Å². The summed E-state index contributed by atoms with van der Waals surface area (Å²) in [5, 5.41) is -0.0102. The molecule has 0 N–H and O–H groups in total. The number of ether oxygens (including phenoxy) is 1. The van der Waals surface area contributed by atoms with E-state index in [4.69, 9.17) is 4.74 Å². The maximum Gasteiger partial charge on any atom is 0.319 e. The Balaban J connectivity index is 1.99. The van der Waals surface area contributed by atoms with Gasteiger partial charge in [0.15, 0.2) is 0 Å². The fraction of sp³-hybridized carbons (Fsp3) is 0.500. The highest BCUT2D eigenvalue weighted by Crippen LogP contribution is 2.35. The lowest BCUT2D eigenvalue weighted by molar-refractivity contribution is -0.137. The summed E-state index contributed by atoms with van der Waals surface area (Å²) >= 11 is 1.64. The number of thioether (sulfide) groups is 1. The second-order valence-electron chi connectivity index (χ2n) is 4.38. The van der Waals surface area contributed by atoms with E-state index in [9.17, 15) is 4.79 Å². The first-order valence-electron chi connectivity index (χ1n) is 6.19. The van der Waals surface area contributed by atoms with Crippen molar-refractivity contribution in [3.05, 3.63) is 30.3 Å². The Bertz CT molecular complexity index is 364. The Morgan fingerprint density at radius 1 is 1.35 bits per heavy atom. The minimum absolute atomic E-state index is 0.0102. The normalized spacial score (nSPS) is 23.7. The third kappa shape index (κ3) is 3.25. The van der Waals surface area contributed by atoms with Crippen LogP contribution < -0.4 is 0 Å². The Morgan fingerprint density at radius 3 is 2.82 bits per heavy atom. The second kappa shape index (κ2) is 6.10. The largest absolute Gasteiger partial charge is 0.464 e. The molecule has 1 aliphatic heterocycles. The Hall–Kier alpha value is -0.960. The number of hydrogen-bond acceptors (Lipinski definition) is 3. The zero-order chi connectivity index (χ0) is 12.1. The highest BCUT2D eigenvalue weighted by molar-refractivity contribution is 8.00. The standard InChI is InChI=1S/C14H18O2S/c1-2-3-7-11-10-16-14(15)13(11)17-12-8-5-4-6-9-12/h4-6,8-9,11,13H,2-3,7,10H2,1H3. The van der Waals surface area contributed by atoms with Gasteiger partial charge in [-0.15, -0.1) is 11.8 Å². The van der Waals surface area contributed by atoms with E-state index in [1.807, 2.05) is 30.3 Å². The van der Waals surface area contributed by atoms with Crippen molar-refractivity contribution < 1.29 is 9.53 Å². The van der Waals surface area contributed by atoms with Crippen LogP contribution in [0.1, 0.15) is 26.2 Å². The van der Waals surface area contributed by atoms with Gasteiger partial charge in [0.2, 0.25) is 0 Å². The summed E-state index contributed by atoms with van der Waals surface area (Å²) in [4.78, 5) is 12.9. The molecule has 0 saturated carbocycles. The zero-order valence-electron chi connectivity index (χ0n) is 10.1. The lowest BCUT2D eigenvalue weighted by atomic mass is 10.0. The molecule has 1 fully saturated rings. The number of benzene rings is 1. The molecule has 0 amide bonds. The minimum Gasteiger partial charge on any atom is -0.464 e. The maximum atomic E-state index is 11.7. The minimum atomic E-state index is -0.0417. The van der Waals surface area contributed by atoms with E-state index in [2.05, 4.69) is 6.92 Å². The summed E-state index contributed by atoms with van der Waals surface area (Å²) in [7, 11) is 0. The van der Waals surface area contributed by atoms with Gasteiger partial charge in [-0.25, -0.2) is 0 Å². The smallest absolute Gasteiger partial charge is 0.319 e. The molecule has 1 heterocycles. The predicted octanol–water partition coefficient (Wildman–Crippen LogP) is 3.51. The molecule has 0 bridgehead atoms. The molecule has 1 aromatic rings. The van der Waals surface area contributed by atoms with Crippen molar-refractivity contribution >= 4 is 17.7 Å². The van der Waals surface area contributed by atoms with Gasteiger partial charge in [0.1, 0.15) is 5.25 Å². The molecular weight excluding hydrogens is 232 g/mol. The molecule has 2 atom stereocenters. The second-order valence-corrected chi connectivity index (χ2v) is 5.60. The molecule has 2 unspecified atom stereocenters. The quantitative estimate of drug-likeness (QED) is 0.748. The molecule has 2 nitrogen and oxygen atoms in total. The average Bonchev–Trinajstić information content (AvgIpc) is 2.70. The molecule has 17 heavy (non-hydrogen) atoms. The number of unbranched alkanes of at least 4 members (excludes halogenated alkanes) is 1. The first-order chi connectivity index (χ1) is 8.31. The van der Waals surface area contributed by atoms with Crippen LogP contribution in [0.5, 0.6) is 0 Å². The molecule has 0 radical (unpaired) electrons. The lowest BCUT2D eigenvalue weighted by Crippen LogP contribution is -2.18. The Morgan fingerprint density at radius 2 is 2.12 bits per heavy atom. The van der Waals surface area contributed by atoms with Crippen LogP contribution in [-0.4, -0.2) is 17.8 Å². The highest BCUT2D eigenvalue weighted by atomic mass is 32.2. The topological polar surface area (TPSA) is 26.3 Å². The summed E-state index contributed by atoms with van der Waals surface area (Å²) in [6.07, 6.45) is 3.44. The summed E-state index contributed by atoms with van der Waals surface area (Å²) < 4.78 is 5.19. The first kappa shape index (κ1) is 12.5. The average molecular weight is 250 g/mol. The maximum absolute atomic E-state index is 11.7. The number of esters is 1. The van der Waals surface area contributed by atoms with Crippen LogP contribution in [0.4, 0.5) is 0 Å². The fourth-order valence-electron chi connectivity index (χ4n) is 2.04. The van der Waals surface area contributed by atoms with E-state index in [1.54, 1.807) is 11.8 Å². The van der Waals surface area contributed by atoms with Crippen LogP contribution in [0, 0.1) is 5.92 Å². The van der Waals surface area contributed by atoms with Crippen molar-refractivity contribution in [3.8, 4) is 0 Å². The van der Waals surface area contributed by atoms with Crippen LogP contribution in [-0.2, 0) is 9.53 Å². The number of cyclic esters (lactones) is 1. The van der Waals surface area contributed by atoms with E-state index >= 15 is 0 Å². The molecule has 0 aliphatic carbocycles. The van der Waals surface area contributed by atoms with Gasteiger partial charge >= 0.3 is 5.97 Å². The van der Waals surface area contributed by atoms with Gasteiger partial charge < -0.3 is 4.74 Å². The van der Waals surface area contributed by atoms with Gasteiger partial charge in [-0.05, 0) is 18.6 Å². The Kier molecular flexibility index (Phi) is 4.49. The molecule has 0 spiro atoms. The van der Waals surface area contributed by atoms with Crippen molar-refractivity contribution in [2.24, 2.45) is 5.92 Å². The van der Waals surface area contributed by atoms with Gasteiger partial charge in [0.05, 0.1) is 6.61 Å². The third-order valence-corrected chi connectivity index (χ3v) is 4.41. The van der Waals surface area contributed by atoms with Crippen molar-refractivity contribution in [2.75, 3.05) is 6.61 Å². The van der Waals surface area contributed by atoms with Crippen molar-refractivity contribution in [2.45, 2.75) is 36.3 Å². The molecule has 1 aliphatic rings. The summed E-state index contributed by atoms with van der Waals surface area (Å²) in [5.74, 6) is 0.340. The summed E-state index contributed by atoms with van der Waals surface area (Å²) in [6, 6.07) is 10.1. The van der Waals surface area contributed by atoms with Crippen molar-refractivity contribution in [1.29, 1.82) is 0 Å². The Labute approximate surface area is 107 Å². The van der Waals surface area contributed by atoms with Crippen molar-refractivity contribution in [1.82, 2.24) is 0 Å². The molecular formula is C14H18O2S. The van der Waals surface area contributed by atoms with Crippen LogP contribution in [0.15, 0.2) is 35.2 Å². The third-order valence-electron chi connectivity index (χ3n) is 3.03. The molecule has 1 aromatic carbocycles. The van der Waals surface area contributed by atoms with E-state index < -0.39 is 0 Å². The number of rotatable bonds is 5. The van der Waals surface area contributed by atoms with Gasteiger partial charge in [-0.3, -0.25) is 4.79 Å². The molecule has 0 aromatic heterocycles. The van der Waals surface area contributed by atoms with Crippen LogP contribution >= 0.6 is 11.8 Å². The zero-order valence-corrected chi connectivity index (χ0v) is 10.9. The van der Waals surface area contributed by atoms with Gasteiger partial charge in [-0.1, -0.05) is 38.0 Å². The van der Waals surface area contributed by atoms with Crippen molar-refractivity contribution in [3.63, 3.8) is 0 Å². The van der Waals surface area contributed by atoms with Crippen LogP contribution in [0.25, 0.3) is 0 Å². The van der Waals surface area contributed by atoms with Gasteiger partial charge in [0.25, 0.3) is 0 Å². The number of hydrogen-bond donors (Lipinski definition) is 0. The molecule has 2 rings (SSSR count).